The van der Waals surface area contributed by atoms with Gasteiger partial charge in [0.1, 0.15) is 11.6 Å². The second-order valence-corrected chi connectivity index (χ2v) is 6.56. The molecule has 0 fully saturated rings. The number of nitrogens with one attached hydrogen (secondary N) is 2. The van der Waals surface area contributed by atoms with Gasteiger partial charge in [-0.1, -0.05) is 25.1 Å². The first-order valence-electron chi connectivity index (χ1n) is 9.27. The Kier molecular flexibility index (Phi) is 6.16. The molecular formula is C21H23N5O. The van der Waals surface area contributed by atoms with Gasteiger partial charge >= 0.3 is 0 Å². The predicted molar refractivity (Wildman–Crippen MR) is 104 cm³/mol. The lowest BCUT2D eigenvalue weighted by atomic mass is 9.88. The summed E-state index contributed by atoms with van der Waals surface area (Å²) in [5.74, 6) is -0.0784. The molecule has 1 atom stereocenters. The third-order valence-electron chi connectivity index (χ3n) is 4.76. The van der Waals surface area contributed by atoms with Gasteiger partial charge in [-0.3, -0.25) is 4.79 Å². The van der Waals surface area contributed by atoms with Crippen molar-refractivity contribution in [3.63, 3.8) is 0 Å². The number of hydrogen-bond donors (Lipinski definition) is 2. The Morgan fingerprint density at radius 3 is 2.70 bits per heavy atom. The zero-order valence-corrected chi connectivity index (χ0v) is 15.4. The van der Waals surface area contributed by atoms with E-state index in [-0.39, 0.29) is 11.6 Å². The number of aryl methyl sites for hydroxylation is 2. The van der Waals surface area contributed by atoms with Crippen molar-refractivity contribution < 1.29 is 4.79 Å². The summed E-state index contributed by atoms with van der Waals surface area (Å²) in [4.78, 5) is 20.5. The Labute approximate surface area is 159 Å². The van der Waals surface area contributed by atoms with Crippen LogP contribution in [0, 0.1) is 11.3 Å². The Morgan fingerprint density at radius 1 is 1.26 bits per heavy atom. The maximum absolute atomic E-state index is 12.5. The van der Waals surface area contributed by atoms with E-state index in [1.54, 1.807) is 18.5 Å². The zero-order valence-electron chi connectivity index (χ0n) is 15.4. The molecule has 1 aromatic carbocycles. The Balaban J connectivity index is 1.71. The summed E-state index contributed by atoms with van der Waals surface area (Å²) in [5, 5.41) is 15.1. The fraction of sp³-hybridized carbons (Fsp3) is 0.333. The summed E-state index contributed by atoms with van der Waals surface area (Å²) in [6.07, 6.45) is 9.94. The van der Waals surface area contributed by atoms with Gasteiger partial charge in [-0.2, -0.15) is 5.26 Å². The van der Waals surface area contributed by atoms with Crippen LogP contribution in [0.2, 0.25) is 0 Å². The van der Waals surface area contributed by atoms with E-state index in [1.165, 1.54) is 30.2 Å². The lowest BCUT2D eigenvalue weighted by Gasteiger charge is -2.21. The summed E-state index contributed by atoms with van der Waals surface area (Å²) in [6, 6.07) is 9.96. The van der Waals surface area contributed by atoms with Gasteiger partial charge in [0.2, 0.25) is 5.95 Å². The minimum absolute atomic E-state index is 0.0149. The molecule has 27 heavy (non-hydrogen) atoms. The van der Waals surface area contributed by atoms with Crippen LogP contribution in [0.15, 0.2) is 48.4 Å². The van der Waals surface area contributed by atoms with Crippen LogP contribution in [-0.2, 0) is 17.6 Å². The number of nitrogens with zero attached hydrogens (tertiary/aromatic N) is 3. The van der Waals surface area contributed by atoms with Crippen molar-refractivity contribution in [2.75, 3.05) is 5.32 Å². The quantitative estimate of drug-likeness (QED) is 0.607. The fourth-order valence-electron chi connectivity index (χ4n) is 3.29. The van der Waals surface area contributed by atoms with Gasteiger partial charge in [0.25, 0.3) is 5.91 Å². The molecule has 0 bridgehead atoms. The Bertz CT molecular complexity index is 870. The average molecular weight is 361 g/mol. The summed E-state index contributed by atoms with van der Waals surface area (Å²) in [6.45, 7) is 2.02. The number of aromatic nitrogens is 2. The van der Waals surface area contributed by atoms with Gasteiger partial charge in [-0.05, 0) is 54.9 Å². The summed E-state index contributed by atoms with van der Waals surface area (Å²) in [5.41, 5.74) is 3.86. The lowest BCUT2D eigenvalue weighted by Crippen LogP contribution is -2.29. The maximum Gasteiger partial charge on any atom is 0.263 e. The Hall–Kier alpha value is -3.20. The van der Waals surface area contributed by atoms with Crippen LogP contribution < -0.4 is 10.6 Å². The molecule has 6 nitrogen and oxygen atoms in total. The normalized spacial score (nSPS) is 14.6. The van der Waals surface area contributed by atoms with Gasteiger partial charge in [0, 0.05) is 18.6 Å². The molecular weight excluding hydrogens is 338 g/mol. The van der Waals surface area contributed by atoms with Crippen LogP contribution in [0.4, 0.5) is 5.95 Å². The van der Waals surface area contributed by atoms with E-state index in [0.29, 0.717) is 5.95 Å². The molecule has 0 saturated carbocycles. The van der Waals surface area contributed by atoms with Crippen molar-refractivity contribution in [2.45, 2.75) is 45.1 Å². The number of fused-ring (bicyclic) bond motifs is 1. The molecule has 0 aliphatic heterocycles. The largest absolute Gasteiger partial charge is 0.345 e. The molecule has 1 aliphatic rings. The molecule has 1 aromatic heterocycles. The molecule has 1 heterocycles. The van der Waals surface area contributed by atoms with E-state index in [2.05, 4.69) is 38.8 Å². The molecule has 0 spiro atoms. The first-order valence-corrected chi connectivity index (χ1v) is 9.27. The number of carbonyl (C=O) groups is 1. The number of anilines is 1. The predicted octanol–water partition coefficient (Wildman–Crippen LogP) is 3.44. The van der Waals surface area contributed by atoms with E-state index >= 15 is 0 Å². The number of benzene rings is 1. The van der Waals surface area contributed by atoms with Gasteiger partial charge in [-0.25, -0.2) is 9.97 Å². The SMILES string of the molecule is CCC(NC(=O)/C(C#N)=C\Nc1ncccn1)c1ccc2c(c1)CCCC2. The molecule has 0 radical (unpaired) electrons. The third kappa shape index (κ3) is 4.70. The second kappa shape index (κ2) is 8.95. The third-order valence-corrected chi connectivity index (χ3v) is 4.76. The molecule has 1 aliphatic carbocycles. The van der Waals surface area contributed by atoms with Gasteiger partial charge < -0.3 is 10.6 Å². The van der Waals surface area contributed by atoms with Crippen molar-refractivity contribution in [3.05, 3.63) is 65.1 Å². The van der Waals surface area contributed by atoms with Crippen molar-refractivity contribution >= 4 is 11.9 Å². The molecule has 3 rings (SSSR count). The van der Waals surface area contributed by atoms with E-state index in [4.69, 9.17) is 0 Å². The van der Waals surface area contributed by atoms with Crippen molar-refractivity contribution in [1.82, 2.24) is 15.3 Å². The molecule has 1 amide bonds. The molecule has 2 N–H and O–H groups in total. The molecule has 6 heteroatoms. The summed E-state index contributed by atoms with van der Waals surface area (Å²) >= 11 is 0. The van der Waals surface area contributed by atoms with E-state index in [0.717, 1.165) is 24.8 Å². The highest BCUT2D eigenvalue weighted by Gasteiger charge is 2.18. The van der Waals surface area contributed by atoms with Gasteiger partial charge in [0.15, 0.2) is 0 Å². The topological polar surface area (TPSA) is 90.7 Å². The van der Waals surface area contributed by atoms with Crippen LogP contribution in [0.5, 0.6) is 0 Å². The highest BCUT2D eigenvalue weighted by atomic mass is 16.1. The average Bonchev–Trinajstić information content (AvgIpc) is 2.73. The highest BCUT2D eigenvalue weighted by Crippen LogP contribution is 2.26. The van der Waals surface area contributed by atoms with Crippen LogP contribution in [0.25, 0.3) is 0 Å². The van der Waals surface area contributed by atoms with Crippen LogP contribution >= 0.6 is 0 Å². The highest BCUT2D eigenvalue weighted by molar-refractivity contribution is 5.97. The standard InChI is InChI=1S/C21H23N5O/c1-2-19(17-9-8-15-6-3-4-7-16(15)12-17)26-20(27)18(13-22)14-25-21-23-10-5-11-24-21/h5,8-12,14,19H,2-4,6-7H2,1H3,(H,26,27)(H,23,24,25)/b18-14-. The minimum Gasteiger partial charge on any atom is -0.345 e. The number of hydrogen-bond acceptors (Lipinski definition) is 5. The number of rotatable bonds is 6. The van der Waals surface area contributed by atoms with Crippen LogP contribution in [-0.4, -0.2) is 15.9 Å². The first-order chi connectivity index (χ1) is 13.2. The smallest absolute Gasteiger partial charge is 0.263 e. The Morgan fingerprint density at radius 2 is 2.00 bits per heavy atom. The van der Waals surface area contributed by atoms with E-state index < -0.39 is 5.91 Å². The minimum atomic E-state index is -0.412. The monoisotopic (exact) mass is 361 g/mol. The number of amides is 1. The number of nitriles is 1. The van der Waals surface area contributed by atoms with E-state index in [9.17, 15) is 10.1 Å². The fourth-order valence-corrected chi connectivity index (χ4v) is 3.29. The van der Waals surface area contributed by atoms with Crippen molar-refractivity contribution in [1.29, 1.82) is 5.26 Å². The first kappa shape index (κ1) is 18.6. The van der Waals surface area contributed by atoms with Crippen molar-refractivity contribution in [2.24, 2.45) is 0 Å². The summed E-state index contributed by atoms with van der Waals surface area (Å²) in [7, 11) is 0. The maximum atomic E-state index is 12.5. The lowest BCUT2D eigenvalue weighted by molar-refractivity contribution is -0.117. The number of carbonyl (C=O) groups excluding carboxylic acids is 1. The second-order valence-electron chi connectivity index (χ2n) is 6.56. The zero-order chi connectivity index (χ0) is 19.1. The van der Waals surface area contributed by atoms with Crippen LogP contribution in [0.3, 0.4) is 0 Å². The molecule has 1 unspecified atom stereocenters. The van der Waals surface area contributed by atoms with E-state index in [1.807, 2.05) is 13.0 Å². The van der Waals surface area contributed by atoms with Crippen molar-refractivity contribution in [3.8, 4) is 6.07 Å². The molecule has 2 aromatic rings. The molecule has 0 saturated heterocycles. The summed E-state index contributed by atoms with van der Waals surface area (Å²) < 4.78 is 0. The molecule has 138 valence electrons. The van der Waals surface area contributed by atoms with Crippen LogP contribution in [0.1, 0.15) is 48.9 Å². The van der Waals surface area contributed by atoms with Gasteiger partial charge in [0.05, 0.1) is 6.04 Å². The van der Waals surface area contributed by atoms with Gasteiger partial charge in [-0.15, -0.1) is 0 Å².